The minimum Gasteiger partial charge on any atom is -0.469 e. The first kappa shape index (κ1) is 14.7. The van der Waals surface area contributed by atoms with Crippen LogP contribution in [0.5, 0.6) is 0 Å². The third kappa shape index (κ3) is 3.55. The predicted octanol–water partition coefficient (Wildman–Crippen LogP) is 1.70. The molecule has 4 heteroatoms. The van der Waals surface area contributed by atoms with Crippen LogP contribution in [0.15, 0.2) is 30.3 Å². The van der Waals surface area contributed by atoms with Gasteiger partial charge in [-0.15, -0.1) is 0 Å². The number of benzene rings is 1. The van der Waals surface area contributed by atoms with Crippen LogP contribution in [0.25, 0.3) is 0 Å². The quantitative estimate of drug-likeness (QED) is 0.749. The van der Waals surface area contributed by atoms with Crippen molar-refractivity contribution in [1.29, 1.82) is 0 Å². The molecule has 4 nitrogen and oxygen atoms in total. The average Bonchev–Trinajstić information content (AvgIpc) is 2.40. The van der Waals surface area contributed by atoms with E-state index in [2.05, 4.69) is 5.32 Å². The van der Waals surface area contributed by atoms with Crippen LogP contribution in [0.1, 0.15) is 18.9 Å². The molecule has 1 rings (SSSR count). The Labute approximate surface area is 108 Å². The minimum absolute atomic E-state index is 0.245. The van der Waals surface area contributed by atoms with Crippen molar-refractivity contribution in [3.8, 4) is 0 Å². The second-order valence-electron chi connectivity index (χ2n) is 4.16. The van der Waals surface area contributed by atoms with Crippen molar-refractivity contribution in [2.24, 2.45) is 0 Å². The highest BCUT2D eigenvalue weighted by Gasteiger charge is 2.34. The van der Waals surface area contributed by atoms with Gasteiger partial charge < -0.3 is 14.8 Å². The normalized spacial score (nSPS) is 13.9. The second-order valence-corrected chi connectivity index (χ2v) is 4.16. The van der Waals surface area contributed by atoms with E-state index in [9.17, 15) is 4.79 Å². The van der Waals surface area contributed by atoms with Gasteiger partial charge in [-0.1, -0.05) is 37.3 Å². The Morgan fingerprint density at radius 2 is 1.94 bits per heavy atom. The van der Waals surface area contributed by atoms with Gasteiger partial charge in [0.05, 0.1) is 25.7 Å². The third-order valence-corrected chi connectivity index (χ3v) is 2.91. The molecule has 0 heterocycles. The molecule has 0 fully saturated rings. The van der Waals surface area contributed by atoms with Gasteiger partial charge in [-0.05, 0) is 12.1 Å². The van der Waals surface area contributed by atoms with Gasteiger partial charge in [0, 0.05) is 7.11 Å². The largest absolute Gasteiger partial charge is 0.469 e. The van der Waals surface area contributed by atoms with Crippen LogP contribution in [0, 0.1) is 0 Å². The fraction of sp³-hybridized carbons (Fsp3) is 0.500. The van der Waals surface area contributed by atoms with Gasteiger partial charge >= 0.3 is 5.97 Å². The number of carbonyl (C=O) groups is 1. The van der Waals surface area contributed by atoms with Crippen molar-refractivity contribution in [3.05, 3.63) is 35.9 Å². The first-order chi connectivity index (χ1) is 8.68. The zero-order valence-electron chi connectivity index (χ0n) is 11.2. The second kappa shape index (κ2) is 7.13. The molecule has 0 amide bonds. The molecule has 0 spiro atoms. The Morgan fingerprint density at radius 1 is 1.28 bits per heavy atom. The van der Waals surface area contributed by atoms with Crippen molar-refractivity contribution in [2.75, 3.05) is 27.4 Å². The third-order valence-electron chi connectivity index (χ3n) is 2.91. The fourth-order valence-electron chi connectivity index (χ4n) is 2.11. The molecule has 100 valence electrons. The summed E-state index contributed by atoms with van der Waals surface area (Å²) in [5.41, 5.74) is 0.497. The minimum atomic E-state index is -0.530. The number of methoxy groups -OCH3 is 2. The maximum absolute atomic E-state index is 11.6. The summed E-state index contributed by atoms with van der Waals surface area (Å²) < 4.78 is 10.1. The van der Waals surface area contributed by atoms with Crippen molar-refractivity contribution in [3.63, 3.8) is 0 Å². The maximum Gasteiger partial charge on any atom is 0.307 e. The van der Waals surface area contributed by atoms with Gasteiger partial charge in [0.15, 0.2) is 0 Å². The fourth-order valence-corrected chi connectivity index (χ4v) is 2.11. The first-order valence-electron chi connectivity index (χ1n) is 6.05. The number of likely N-dealkylation sites (N-methyl/N-ethyl adjacent to an activating group) is 1. The summed E-state index contributed by atoms with van der Waals surface area (Å²) in [6.07, 6.45) is 0.245. The zero-order chi connectivity index (χ0) is 13.4. The van der Waals surface area contributed by atoms with Gasteiger partial charge in [0.2, 0.25) is 0 Å². The molecule has 0 aliphatic heterocycles. The van der Waals surface area contributed by atoms with Gasteiger partial charge in [-0.2, -0.15) is 0 Å². The van der Waals surface area contributed by atoms with Gasteiger partial charge in [0.1, 0.15) is 0 Å². The van der Waals surface area contributed by atoms with Crippen LogP contribution in [-0.2, 0) is 19.8 Å². The summed E-state index contributed by atoms with van der Waals surface area (Å²) in [7, 11) is 3.03. The van der Waals surface area contributed by atoms with Gasteiger partial charge in [0.25, 0.3) is 0 Å². The van der Waals surface area contributed by atoms with E-state index in [4.69, 9.17) is 9.47 Å². The molecule has 1 N–H and O–H groups in total. The molecule has 0 aliphatic carbocycles. The lowest BCUT2D eigenvalue weighted by Gasteiger charge is -2.33. The van der Waals surface area contributed by atoms with E-state index >= 15 is 0 Å². The van der Waals surface area contributed by atoms with E-state index in [-0.39, 0.29) is 12.4 Å². The first-order valence-corrected chi connectivity index (χ1v) is 6.05. The van der Waals surface area contributed by atoms with Crippen LogP contribution >= 0.6 is 0 Å². The van der Waals surface area contributed by atoms with Crippen molar-refractivity contribution in [1.82, 2.24) is 5.32 Å². The summed E-state index contributed by atoms with van der Waals surface area (Å²) in [5.74, 6) is -0.253. The number of esters is 1. The molecular formula is C14H21NO3. The predicted molar refractivity (Wildman–Crippen MR) is 70.3 cm³/mol. The van der Waals surface area contributed by atoms with E-state index in [0.717, 1.165) is 12.1 Å². The topological polar surface area (TPSA) is 47.6 Å². The van der Waals surface area contributed by atoms with Crippen molar-refractivity contribution in [2.45, 2.75) is 18.9 Å². The van der Waals surface area contributed by atoms with Gasteiger partial charge in [-0.3, -0.25) is 4.79 Å². The lowest BCUT2D eigenvalue weighted by Crippen LogP contribution is -2.48. The number of nitrogens with one attached hydrogen (secondary N) is 1. The Balaban J connectivity index is 3.07. The monoisotopic (exact) mass is 251 g/mol. The number of hydrogen-bond donors (Lipinski definition) is 1. The van der Waals surface area contributed by atoms with Gasteiger partial charge in [-0.25, -0.2) is 0 Å². The molecule has 0 radical (unpaired) electrons. The summed E-state index contributed by atoms with van der Waals surface area (Å²) in [6, 6.07) is 9.84. The molecule has 1 aromatic rings. The Morgan fingerprint density at radius 3 is 2.44 bits per heavy atom. The van der Waals surface area contributed by atoms with E-state index in [1.165, 1.54) is 7.11 Å². The molecule has 1 aromatic carbocycles. The van der Waals surface area contributed by atoms with E-state index < -0.39 is 5.54 Å². The lowest BCUT2D eigenvalue weighted by molar-refractivity contribution is -0.143. The van der Waals surface area contributed by atoms with Crippen LogP contribution in [0.2, 0.25) is 0 Å². The van der Waals surface area contributed by atoms with Crippen LogP contribution in [-0.4, -0.2) is 33.3 Å². The Kier molecular flexibility index (Phi) is 5.82. The number of ether oxygens (including phenoxy) is 2. The molecular weight excluding hydrogens is 230 g/mol. The highest BCUT2D eigenvalue weighted by molar-refractivity contribution is 5.71. The summed E-state index contributed by atoms with van der Waals surface area (Å²) in [6.45, 7) is 3.17. The van der Waals surface area contributed by atoms with Crippen LogP contribution in [0.4, 0.5) is 0 Å². The SMILES string of the molecule is CCNC(COC)(CC(=O)OC)c1ccccc1. The molecule has 1 unspecified atom stereocenters. The standard InChI is InChI=1S/C14H21NO3/c1-4-15-14(11-17-2,10-13(16)18-3)12-8-6-5-7-9-12/h5-9,15H,4,10-11H2,1-3H3. The molecule has 0 saturated carbocycles. The Hall–Kier alpha value is -1.39. The highest BCUT2D eigenvalue weighted by atomic mass is 16.5. The smallest absolute Gasteiger partial charge is 0.307 e. The molecule has 18 heavy (non-hydrogen) atoms. The maximum atomic E-state index is 11.6. The molecule has 0 aromatic heterocycles. The Bertz CT molecular complexity index is 359. The zero-order valence-corrected chi connectivity index (χ0v) is 11.2. The molecule has 0 bridgehead atoms. The summed E-state index contributed by atoms with van der Waals surface area (Å²) in [4.78, 5) is 11.6. The van der Waals surface area contributed by atoms with Crippen LogP contribution in [0.3, 0.4) is 0 Å². The van der Waals surface area contributed by atoms with Crippen molar-refractivity contribution >= 4 is 5.97 Å². The van der Waals surface area contributed by atoms with E-state index in [1.807, 2.05) is 37.3 Å². The van der Waals surface area contributed by atoms with Crippen LogP contribution < -0.4 is 5.32 Å². The van der Waals surface area contributed by atoms with Crippen molar-refractivity contribution < 1.29 is 14.3 Å². The number of hydrogen-bond acceptors (Lipinski definition) is 4. The average molecular weight is 251 g/mol. The molecule has 1 atom stereocenters. The number of carbonyl (C=O) groups excluding carboxylic acids is 1. The molecule has 0 aliphatic rings. The van der Waals surface area contributed by atoms with E-state index in [0.29, 0.717) is 6.61 Å². The highest BCUT2D eigenvalue weighted by Crippen LogP contribution is 2.26. The number of rotatable bonds is 7. The lowest BCUT2D eigenvalue weighted by atomic mass is 9.87. The summed E-state index contributed by atoms with van der Waals surface area (Å²) >= 11 is 0. The molecule has 0 saturated heterocycles. The summed E-state index contributed by atoms with van der Waals surface area (Å²) in [5, 5.41) is 3.35. The van der Waals surface area contributed by atoms with E-state index in [1.54, 1.807) is 7.11 Å².